The van der Waals surface area contributed by atoms with Crippen LogP contribution in [0.4, 0.5) is 0 Å². The van der Waals surface area contributed by atoms with Gasteiger partial charge in [-0.3, -0.25) is 9.59 Å². The molecule has 0 bridgehead atoms. The van der Waals surface area contributed by atoms with Gasteiger partial charge in [0.15, 0.2) is 0 Å². The molecular formula is C24H32N2O2S. The Hall–Kier alpha value is -2.14. The first-order valence-electron chi connectivity index (χ1n) is 10.7. The Morgan fingerprint density at radius 1 is 1.00 bits per heavy atom. The minimum Gasteiger partial charge on any atom is -0.332 e. The van der Waals surface area contributed by atoms with Gasteiger partial charge < -0.3 is 9.80 Å². The first-order chi connectivity index (χ1) is 14.0. The Balaban J connectivity index is 1.72. The Morgan fingerprint density at radius 2 is 1.72 bits per heavy atom. The molecule has 2 aromatic rings. The van der Waals surface area contributed by atoms with Crippen molar-refractivity contribution < 1.29 is 9.59 Å². The number of carbonyl (C=O) groups excluding carboxylic acids is 2. The van der Waals surface area contributed by atoms with Crippen LogP contribution in [0.1, 0.15) is 56.4 Å². The second kappa shape index (κ2) is 10.6. The number of thiophene rings is 1. The molecule has 2 amide bonds. The van der Waals surface area contributed by atoms with Gasteiger partial charge in [0.25, 0.3) is 0 Å². The Labute approximate surface area is 178 Å². The maximum absolute atomic E-state index is 13.3. The van der Waals surface area contributed by atoms with E-state index in [9.17, 15) is 9.59 Å². The maximum atomic E-state index is 13.3. The summed E-state index contributed by atoms with van der Waals surface area (Å²) in [6, 6.07) is 14.2. The standard InChI is InChI=1S/C24H32N2O2S/c1-19(2)26(24(28)21-12-7-4-8-13-21)18-23(27)25(17-22-14-9-15-29-22)16-20-10-5-3-6-11-20/h3,5-6,9-11,14-15,19,21H,4,7-8,12-13,16-18H2,1-2H3. The van der Waals surface area contributed by atoms with Crippen LogP contribution in [0.3, 0.4) is 0 Å². The van der Waals surface area contributed by atoms with E-state index in [0.29, 0.717) is 13.1 Å². The molecule has 4 nitrogen and oxygen atoms in total. The summed E-state index contributed by atoms with van der Waals surface area (Å²) in [6.07, 6.45) is 5.37. The number of benzene rings is 1. The predicted octanol–water partition coefficient (Wildman–Crippen LogP) is 5.09. The topological polar surface area (TPSA) is 40.6 Å². The number of rotatable bonds is 8. The van der Waals surface area contributed by atoms with Crippen LogP contribution >= 0.6 is 11.3 Å². The summed E-state index contributed by atoms with van der Waals surface area (Å²) in [5.41, 5.74) is 1.10. The molecule has 0 N–H and O–H groups in total. The lowest BCUT2D eigenvalue weighted by atomic mass is 9.88. The summed E-state index contributed by atoms with van der Waals surface area (Å²) in [7, 11) is 0. The zero-order valence-electron chi connectivity index (χ0n) is 17.5. The van der Waals surface area contributed by atoms with Crippen LogP contribution in [0.5, 0.6) is 0 Å². The van der Waals surface area contributed by atoms with Gasteiger partial charge in [-0.15, -0.1) is 11.3 Å². The van der Waals surface area contributed by atoms with E-state index in [1.807, 2.05) is 60.5 Å². The van der Waals surface area contributed by atoms with Gasteiger partial charge >= 0.3 is 0 Å². The van der Waals surface area contributed by atoms with Crippen LogP contribution in [0.25, 0.3) is 0 Å². The van der Waals surface area contributed by atoms with E-state index >= 15 is 0 Å². The van der Waals surface area contributed by atoms with E-state index in [1.165, 1.54) is 6.42 Å². The lowest BCUT2D eigenvalue weighted by Crippen LogP contribution is -2.47. The average Bonchev–Trinajstić information content (AvgIpc) is 3.25. The fourth-order valence-electron chi connectivity index (χ4n) is 3.97. The van der Waals surface area contributed by atoms with Gasteiger partial charge in [-0.1, -0.05) is 55.7 Å². The summed E-state index contributed by atoms with van der Waals surface area (Å²) in [5.74, 6) is 0.253. The molecule has 0 saturated heterocycles. The zero-order chi connectivity index (χ0) is 20.6. The third-order valence-corrected chi connectivity index (χ3v) is 6.52. The second-order valence-corrected chi connectivity index (χ2v) is 9.24. The minimum absolute atomic E-state index is 0.0140. The molecule has 0 spiro atoms. The summed E-state index contributed by atoms with van der Waals surface area (Å²) in [4.78, 5) is 31.3. The molecule has 0 aliphatic heterocycles. The molecular weight excluding hydrogens is 380 g/mol. The fraction of sp³-hybridized carbons (Fsp3) is 0.500. The first-order valence-corrected chi connectivity index (χ1v) is 11.6. The lowest BCUT2D eigenvalue weighted by Gasteiger charge is -2.33. The van der Waals surface area contributed by atoms with E-state index < -0.39 is 0 Å². The van der Waals surface area contributed by atoms with Crippen molar-refractivity contribution in [3.63, 3.8) is 0 Å². The summed E-state index contributed by atoms with van der Waals surface area (Å²) < 4.78 is 0. The maximum Gasteiger partial charge on any atom is 0.242 e. The monoisotopic (exact) mass is 412 g/mol. The lowest BCUT2D eigenvalue weighted by molar-refractivity contribution is -0.145. The second-order valence-electron chi connectivity index (χ2n) is 8.21. The molecule has 156 valence electrons. The summed E-state index contributed by atoms with van der Waals surface area (Å²) in [5, 5.41) is 2.04. The third-order valence-electron chi connectivity index (χ3n) is 5.66. The highest BCUT2D eigenvalue weighted by Gasteiger charge is 2.30. The van der Waals surface area contributed by atoms with Crippen molar-refractivity contribution >= 4 is 23.2 Å². The van der Waals surface area contributed by atoms with E-state index in [1.54, 1.807) is 16.2 Å². The predicted molar refractivity (Wildman–Crippen MR) is 118 cm³/mol. The van der Waals surface area contributed by atoms with Crippen LogP contribution in [-0.4, -0.2) is 34.2 Å². The third kappa shape index (κ3) is 6.17. The highest BCUT2D eigenvalue weighted by Crippen LogP contribution is 2.26. The molecule has 1 aliphatic carbocycles. The molecule has 1 heterocycles. The molecule has 3 rings (SSSR count). The van der Waals surface area contributed by atoms with Crippen LogP contribution in [0.15, 0.2) is 47.8 Å². The van der Waals surface area contributed by atoms with Gasteiger partial charge in [0.2, 0.25) is 11.8 Å². The SMILES string of the molecule is CC(C)N(CC(=O)N(Cc1ccccc1)Cc1cccs1)C(=O)C1CCCCC1. The van der Waals surface area contributed by atoms with Crippen molar-refractivity contribution in [3.05, 3.63) is 58.3 Å². The van der Waals surface area contributed by atoms with E-state index in [2.05, 4.69) is 6.07 Å². The van der Waals surface area contributed by atoms with Gasteiger partial charge in [-0.05, 0) is 43.7 Å². The molecule has 5 heteroatoms. The molecule has 1 fully saturated rings. The van der Waals surface area contributed by atoms with Gasteiger partial charge in [0.1, 0.15) is 6.54 Å². The van der Waals surface area contributed by atoms with Gasteiger partial charge in [-0.2, -0.15) is 0 Å². The normalized spacial score (nSPS) is 14.7. The van der Waals surface area contributed by atoms with Crippen LogP contribution < -0.4 is 0 Å². The molecule has 0 radical (unpaired) electrons. The number of nitrogens with zero attached hydrogens (tertiary/aromatic N) is 2. The molecule has 29 heavy (non-hydrogen) atoms. The van der Waals surface area contributed by atoms with Gasteiger partial charge in [-0.25, -0.2) is 0 Å². The van der Waals surface area contributed by atoms with Crippen molar-refractivity contribution in [1.82, 2.24) is 9.80 Å². The highest BCUT2D eigenvalue weighted by atomic mass is 32.1. The number of carbonyl (C=O) groups is 2. The van der Waals surface area contributed by atoms with Crippen molar-refractivity contribution in [2.24, 2.45) is 5.92 Å². The van der Waals surface area contributed by atoms with E-state index in [4.69, 9.17) is 0 Å². The number of hydrogen-bond acceptors (Lipinski definition) is 3. The highest BCUT2D eigenvalue weighted by molar-refractivity contribution is 7.09. The molecule has 1 saturated carbocycles. The first kappa shape index (κ1) is 21.6. The molecule has 0 atom stereocenters. The minimum atomic E-state index is 0.0140. The van der Waals surface area contributed by atoms with Crippen molar-refractivity contribution in [3.8, 4) is 0 Å². The van der Waals surface area contributed by atoms with Crippen molar-refractivity contribution in [1.29, 1.82) is 0 Å². The summed E-state index contributed by atoms with van der Waals surface area (Å²) >= 11 is 1.66. The van der Waals surface area contributed by atoms with E-state index in [-0.39, 0.29) is 30.3 Å². The number of hydrogen-bond donors (Lipinski definition) is 0. The Morgan fingerprint density at radius 3 is 2.34 bits per heavy atom. The smallest absolute Gasteiger partial charge is 0.242 e. The Kier molecular flexibility index (Phi) is 7.87. The van der Waals surface area contributed by atoms with Crippen LogP contribution in [-0.2, 0) is 22.7 Å². The van der Waals surface area contributed by atoms with Gasteiger partial charge in [0, 0.05) is 23.4 Å². The van der Waals surface area contributed by atoms with Crippen molar-refractivity contribution in [2.75, 3.05) is 6.54 Å². The average molecular weight is 413 g/mol. The fourth-order valence-corrected chi connectivity index (χ4v) is 4.69. The van der Waals surface area contributed by atoms with Crippen LogP contribution in [0, 0.1) is 5.92 Å². The van der Waals surface area contributed by atoms with E-state index in [0.717, 1.165) is 36.1 Å². The number of amides is 2. The Bertz CT molecular complexity index is 767. The molecule has 1 aromatic carbocycles. The largest absolute Gasteiger partial charge is 0.332 e. The van der Waals surface area contributed by atoms with Crippen LogP contribution in [0.2, 0.25) is 0 Å². The molecule has 0 unspecified atom stereocenters. The van der Waals surface area contributed by atoms with Crippen molar-refractivity contribution in [2.45, 2.75) is 65.1 Å². The zero-order valence-corrected chi connectivity index (χ0v) is 18.4. The van der Waals surface area contributed by atoms with Gasteiger partial charge in [0.05, 0.1) is 6.54 Å². The quantitative estimate of drug-likeness (QED) is 0.606. The molecule has 1 aromatic heterocycles. The molecule has 1 aliphatic rings. The summed E-state index contributed by atoms with van der Waals surface area (Å²) in [6.45, 7) is 5.31.